The number of esters is 2. The number of ether oxygens (including phenoxy) is 3. The number of carbonyl (C=O) groups is 4. The molecule has 0 unspecified atom stereocenters. The first-order valence-corrected chi connectivity index (χ1v) is 9.37. The highest BCUT2D eigenvalue weighted by atomic mass is 19.4. The van der Waals surface area contributed by atoms with Gasteiger partial charge in [0, 0.05) is 13.0 Å². The second-order valence-electron chi connectivity index (χ2n) is 7.81. The number of hydroxylamine groups is 2. The van der Waals surface area contributed by atoms with Crippen molar-refractivity contribution >= 4 is 23.8 Å². The molecule has 31 heavy (non-hydrogen) atoms. The van der Waals surface area contributed by atoms with Crippen LogP contribution in [-0.2, 0) is 38.2 Å². The Bertz CT molecular complexity index is 707. The Kier molecular flexibility index (Phi) is 8.43. The summed E-state index contributed by atoms with van der Waals surface area (Å²) in [7, 11) is 1.08. The van der Waals surface area contributed by atoms with Gasteiger partial charge in [-0.15, -0.1) is 0 Å². The Hall–Kier alpha value is -2.41. The van der Waals surface area contributed by atoms with Gasteiger partial charge in [-0.05, 0) is 34.6 Å². The van der Waals surface area contributed by atoms with Crippen LogP contribution >= 0.6 is 0 Å². The third-order valence-corrected chi connectivity index (χ3v) is 4.06. The number of amides is 2. The number of nitrogens with one attached hydrogen (secondary N) is 1. The fourth-order valence-electron chi connectivity index (χ4n) is 2.80. The Balaban J connectivity index is 3.40. The second-order valence-corrected chi connectivity index (χ2v) is 7.81. The molecule has 13 heteroatoms. The summed E-state index contributed by atoms with van der Waals surface area (Å²) < 4.78 is 54.5. The van der Waals surface area contributed by atoms with Gasteiger partial charge in [0.2, 0.25) is 5.91 Å². The van der Waals surface area contributed by atoms with Gasteiger partial charge in [-0.3, -0.25) is 9.59 Å². The maximum Gasteiger partial charge on any atom is 0.473 e. The minimum Gasteiger partial charge on any atom is -0.467 e. The molecule has 0 aliphatic carbocycles. The van der Waals surface area contributed by atoms with E-state index in [9.17, 15) is 32.3 Å². The molecule has 1 aliphatic rings. The number of carbonyl (C=O) groups excluding carboxylic acids is 4. The molecule has 0 aromatic rings. The molecule has 1 rings (SSSR count). The molecule has 1 heterocycles. The normalized spacial score (nSPS) is 22.6. The van der Waals surface area contributed by atoms with E-state index in [4.69, 9.17) is 14.3 Å². The molecule has 3 atom stereocenters. The molecule has 0 aromatic carbocycles. The molecule has 0 aromatic heterocycles. The smallest absolute Gasteiger partial charge is 0.467 e. The molecular formula is C18H27F3N2O8. The van der Waals surface area contributed by atoms with E-state index in [1.807, 2.05) is 0 Å². The SMILES string of the molecule is CCO[C@@H]1C[C@](CC(=O)N[C@@H](C)C(=O)OC)(C(=O)OC(C)(C)C)N(C(=O)C(F)(F)F)O1. The standard InChI is InChI=1S/C18H27F3N2O8/c1-7-29-12-9-17(15(27)30-16(3,4)5,23(31-12)14(26)18(19,20)21)8-11(24)22-10(2)13(25)28-6/h10,12H,7-9H2,1-6H3,(H,22,24)/t10-,12-,17+/m0/s1. The molecule has 1 fully saturated rings. The van der Waals surface area contributed by atoms with Crippen molar-refractivity contribution in [2.24, 2.45) is 0 Å². The summed E-state index contributed by atoms with van der Waals surface area (Å²) in [4.78, 5) is 54.1. The van der Waals surface area contributed by atoms with Crippen LogP contribution in [0.15, 0.2) is 0 Å². The highest BCUT2D eigenvalue weighted by Crippen LogP contribution is 2.40. The van der Waals surface area contributed by atoms with E-state index < -0.39 is 66.2 Å². The summed E-state index contributed by atoms with van der Waals surface area (Å²) in [6.45, 7) is 7.18. The Morgan fingerprint density at radius 2 is 1.81 bits per heavy atom. The fraction of sp³-hybridized carbons (Fsp3) is 0.778. The van der Waals surface area contributed by atoms with Crippen LogP contribution in [0.4, 0.5) is 13.2 Å². The summed E-state index contributed by atoms with van der Waals surface area (Å²) in [5.41, 5.74) is -3.64. The molecule has 0 spiro atoms. The first kappa shape index (κ1) is 26.6. The van der Waals surface area contributed by atoms with E-state index in [0.717, 1.165) is 7.11 Å². The van der Waals surface area contributed by atoms with Crippen LogP contribution in [-0.4, -0.2) is 72.2 Å². The zero-order valence-corrected chi connectivity index (χ0v) is 18.1. The average molecular weight is 456 g/mol. The van der Waals surface area contributed by atoms with Crippen LogP contribution in [0.1, 0.15) is 47.5 Å². The highest BCUT2D eigenvalue weighted by Gasteiger charge is 2.63. The Morgan fingerprint density at radius 1 is 1.23 bits per heavy atom. The molecular weight excluding hydrogens is 429 g/mol. The third-order valence-electron chi connectivity index (χ3n) is 4.06. The van der Waals surface area contributed by atoms with Gasteiger partial charge < -0.3 is 19.5 Å². The lowest BCUT2D eigenvalue weighted by Gasteiger charge is -2.35. The number of alkyl halides is 3. The summed E-state index contributed by atoms with van der Waals surface area (Å²) >= 11 is 0. The zero-order valence-electron chi connectivity index (χ0n) is 18.1. The van der Waals surface area contributed by atoms with Crippen LogP contribution in [0.25, 0.3) is 0 Å². The minimum atomic E-state index is -5.41. The highest BCUT2D eigenvalue weighted by molar-refractivity contribution is 5.95. The van der Waals surface area contributed by atoms with Crippen LogP contribution in [0.3, 0.4) is 0 Å². The van der Waals surface area contributed by atoms with Gasteiger partial charge in [0.05, 0.1) is 13.5 Å². The number of nitrogens with zero attached hydrogens (tertiary/aromatic N) is 1. The van der Waals surface area contributed by atoms with Crippen molar-refractivity contribution in [2.45, 2.75) is 77.1 Å². The van der Waals surface area contributed by atoms with Gasteiger partial charge in [-0.25, -0.2) is 14.4 Å². The summed E-state index contributed by atoms with van der Waals surface area (Å²) in [5, 5.41) is 2.00. The topological polar surface area (TPSA) is 120 Å². The number of rotatable bonds is 7. The monoisotopic (exact) mass is 456 g/mol. The molecule has 0 saturated carbocycles. The number of hydrogen-bond acceptors (Lipinski definition) is 8. The van der Waals surface area contributed by atoms with E-state index in [1.54, 1.807) is 0 Å². The number of hydrogen-bond donors (Lipinski definition) is 1. The molecule has 10 nitrogen and oxygen atoms in total. The van der Waals surface area contributed by atoms with Crippen molar-refractivity contribution in [2.75, 3.05) is 13.7 Å². The number of methoxy groups -OCH3 is 1. The van der Waals surface area contributed by atoms with E-state index in [2.05, 4.69) is 10.1 Å². The quantitative estimate of drug-likeness (QED) is 0.568. The molecule has 0 radical (unpaired) electrons. The van der Waals surface area contributed by atoms with Crippen molar-refractivity contribution in [1.29, 1.82) is 0 Å². The molecule has 1 N–H and O–H groups in total. The molecule has 2 amide bonds. The van der Waals surface area contributed by atoms with E-state index in [1.165, 1.54) is 34.6 Å². The van der Waals surface area contributed by atoms with Crippen molar-refractivity contribution in [3.05, 3.63) is 0 Å². The van der Waals surface area contributed by atoms with E-state index in [-0.39, 0.29) is 11.7 Å². The fourth-order valence-corrected chi connectivity index (χ4v) is 2.80. The van der Waals surface area contributed by atoms with Crippen molar-refractivity contribution in [1.82, 2.24) is 10.4 Å². The van der Waals surface area contributed by atoms with Crippen molar-refractivity contribution in [3.63, 3.8) is 0 Å². The summed E-state index contributed by atoms with van der Waals surface area (Å²) in [5.74, 6) is -5.63. The first-order valence-electron chi connectivity index (χ1n) is 9.37. The predicted molar refractivity (Wildman–Crippen MR) is 96.8 cm³/mol. The van der Waals surface area contributed by atoms with Crippen molar-refractivity contribution in [3.8, 4) is 0 Å². The van der Waals surface area contributed by atoms with Gasteiger partial charge in [0.25, 0.3) is 0 Å². The molecule has 178 valence electrons. The van der Waals surface area contributed by atoms with Crippen LogP contribution in [0.5, 0.6) is 0 Å². The second kappa shape index (κ2) is 9.81. The van der Waals surface area contributed by atoms with Gasteiger partial charge in [-0.1, -0.05) is 0 Å². The van der Waals surface area contributed by atoms with Crippen LogP contribution < -0.4 is 5.32 Å². The zero-order chi connectivity index (χ0) is 24.2. The summed E-state index contributed by atoms with van der Waals surface area (Å²) in [6, 6.07) is -1.16. The lowest BCUT2D eigenvalue weighted by atomic mass is 9.90. The largest absolute Gasteiger partial charge is 0.473 e. The molecule has 1 saturated heterocycles. The maximum absolute atomic E-state index is 13.2. The molecule has 1 aliphatic heterocycles. The minimum absolute atomic E-state index is 0.00527. The predicted octanol–water partition coefficient (Wildman–Crippen LogP) is 1.22. The maximum atomic E-state index is 13.2. The van der Waals surface area contributed by atoms with Crippen LogP contribution in [0, 0.1) is 0 Å². The first-order chi connectivity index (χ1) is 14.1. The molecule has 0 bridgehead atoms. The Labute approximate surface area is 177 Å². The lowest BCUT2D eigenvalue weighted by Crippen LogP contribution is -2.59. The number of halogens is 3. The van der Waals surface area contributed by atoms with E-state index in [0.29, 0.717) is 0 Å². The lowest BCUT2D eigenvalue weighted by molar-refractivity contribution is -0.269. The van der Waals surface area contributed by atoms with Gasteiger partial charge in [0.15, 0.2) is 11.8 Å². The van der Waals surface area contributed by atoms with E-state index >= 15 is 0 Å². The average Bonchev–Trinajstić information content (AvgIpc) is 2.97. The summed E-state index contributed by atoms with van der Waals surface area (Å²) in [6.07, 6.45) is -8.41. The third kappa shape index (κ3) is 6.79. The van der Waals surface area contributed by atoms with Gasteiger partial charge >= 0.3 is 24.0 Å². The van der Waals surface area contributed by atoms with Gasteiger partial charge in [0.1, 0.15) is 11.6 Å². The Morgan fingerprint density at radius 3 is 2.26 bits per heavy atom. The van der Waals surface area contributed by atoms with Gasteiger partial charge in [-0.2, -0.15) is 18.2 Å². The van der Waals surface area contributed by atoms with Crippen LogP contribution in [0.2, 0.25) is 0 Å². The van der Waals surface area contributed by atoms with Crippen molar-refractivity contribution < 1.29 is 51.4 Å².